The highest BCUT2D eigenvalue weighted by Crippen LogP contribution is 2.27. The minimum atomic E-state index is -1.06. The van der Waals surface area contributed by atoms with Crippen molar-refractivity contribution in [3.63, 3.8) is 0 Å². The number of hydrogen-bond acceptors (Lipinski definition) is 7. The molecule has 4 N–H and O–H groups in total. The van der Waals surface area contributed by atoms with Gasteiger partial charge in [0.05, 0.1) is 56.7 Å². The number of carbonyl (C=O) groups is 2. The number of hydrogen-bond donors (Lipinski definition) is 3. The summed E-state index contributed by atoms with van der Waals surface area (Å²) in [5.74, 6) is -2.56. The van der Waals surface area contributed by atoms with Crippen LogP contribution in [0.2, 0.25) is 10.0 Å². The van der Waals surface area contributed by atoms with Crippen LogP contribution in [0.15, 0.2) is 73.3 Å². The Morgan fingerprint density at radius 3 is 1.61 bits per heavy atom. The van der Waals surface area contributed by atoms with E-state index in [1.165, 1.54) is 33.9 Å². The molecule has 0 saturated heterocycles. The number of aliphatic carboxylic acids is 1. The molecule has 0 aliphatic rings. The van der Waals surface area contributed by atoms with Crippen LogP contribution in [0.25, 0.3) is 22.1 Å². The number of amides is 1. The van der Waals surface area contributed by atoms with Crippen LogP contribution in [0.5, 0.6) is 0 Å². The van der Waals surface area contributed by atoms with E-state index in [0.717, 1.165) is 33.4 Å². The van der Waals surface area contributed by atoms with Crippen LogP contribution in [-0.2, 0) is 46.6 Å². The van der Waals surface area contributed by atoms with Crippen molar-refractivity contribution in [1.29, 1.82) is 10.5 Å². The van der Waals surface area contributed by atoms with Crippen molar-refractivity contribution in [3.8, 4) is 12.1 Å². The van der Waals surface area contributed by atoms with Gasteiger partial charge in [-0.25, -0.2) is 18.7 Å². The maximum atomic E-state index is 14.3. The lowest BCUT2D eigenvalue weighted by Gasteiger charge is -2.18. The number of aromatic nitrogens is 4. The number of carboxylic acid groups (broad SMARTS) is 1. The molecule has 4 aromatic carbocycles. The Hall–Kier alpha value is -5.86. The predicted molar refractivity (Wildman–Crippen MR) is 216 cm³/mol. The summed E-state index contributed by atoms with van der Waals surface area (Å²) in [4.78, 5) is 30.8. The van der Waals surface area contributed by atoms with Gasteiger partial charge in [0, 0.05) is 13.1 Å². The lowest BCUT2D eigenvalue weighted by molar-refractivity contribution is -0.137. The molecule has 0 bridgehead atoms. The second-order valence-corrected chi connectivity index (χ2v) is 15.1. The number of carbonyl (C=O) groups excluding carboxylic acids is 1. The number of carboxylic acids is 1. The van der Waals surface area contributed by atoms with E-state index in [4.69, 9.17) is 39.3 Å². The van der Waals surface area contributed by atoms with Crippen molar-refractivity contribution in [1.82, 2.24) is 24.4 Å². The third-order valence-electron chi connectivity index (χ3n) is 9.35. The van der Waals surface area contributed by atoms with Crippen LogP contribution in [0.3, 0.4) is 0 Å². The molecular weight excluding hydrogens is 773 g/mol. The number of benzene rings is 4. The molecule has 0 unspecified atom stereocenters. The normalized spacial score (nSPS) is 11.2. The minimum absolute atomic E-state index is 0.00864. The Balaban J connectivity index is 0.000000209. The van der Waals surface area contributed by atoms with E-state index < -0.39 is 28.4 Å². The highest BCUT2D eigenvalue weighted by atomic mass is 35.5. The molecule has 0 atom stereocenters. The van der Waals surface area contributed by atoms with Crippen LogP contribution < -0.4 is 11.1 Å². The maximum absolute atomic E-state index is 14.3. The molecule has 0 aliphatic carbocycles. The van der Waals surface area contributed by atoms with E-state index in [9.17, 15) is 23.6 Å². The molecule has 1 amide bonds. The van der Waals surface area contributed by atoms with Gasteiger partial charge in [-0.05, 0) is 99.2 Å². The average molecular weight is 816 g/mol. The number of rotatable bonds is 9. The molecule has 6 rings (SSSR count). The number of nitrogens with one attached hydrogen (secondary N) is 1. The van der Waals surface area contributed by atoms with Gasteiger partial charge in [0.25, 0.3) is 0 Å². The van der Waals surface area contributed by atoms with E-state index in [1.807, 2.05) is 77.9 Å². The zero-order valence-electron chi connectivity index (χ0n) is 32.3. The third kappa shape index (κ3) is 10.5. The number of aryl methyl sites for hydroxylation is 2. The number of imidazole rings is 2. The largest absolute Gasteiger partial charge is 0.480 e. The second-order valence-electron chi connectivity index (χ2n) is 14.3. The van der Waals surface area contributed by atoms with Gasteiger partial charge in [-0.3, -0.25) is 9.59 Å². The van der Waals surface area contributed by atoms with Gasteiger partial charge >= 0.3 is 5.97 Å². The van der Waals surface area contributed by atoms with E-state index in [1.54, 1.807) is 12.1 Å². The monoisotopic (exact) mass is 814 g/mol. The number of fused-ring (bicyclic) bond motifs is 2. The molecule has 11 nitrogen and oxygen atoms in total. The Labute approximate surface area is 339 Å². The molecule has 6 aromatic rings. The van der Waals surface area contributed by atoms with Crippen molar-refractivity contribution in [2.45, 2.75) is 78.6 Å². The third-order valence-corrected chi connectivity index (χ3v) is 9.93. The Kier molecular flexibility index (Phi) is 14.2. The van der Waals surface area contributed by atoms with Gasteiger partial charge in [-0.1, -0.05) is 59.6 Å². The van der Waals surface area contributed by atoms with Crippen LogP contribution in [0, 0.1) is 48.1 Å². The van der Waals surface area contributed by atoms with E-state index >= 15 is 0 Å². The summed E-state index contributed by atoms with van der Waals surface area (Å²) < 4.78 is 30.5. The summed E-state index contributed by atoms with van der Waals surface area (Å²) >= 11 is 11.4. The fourth-order valence-electron chi connectivity index (χ4n) is 5.71. The molecule has 296 valence electrons. The first-order valence-electron chi connectivity index (χ1n) is 17.6. The van der Waals surface area contributed by atoms with Gasteiger partial charge in [0.15, 0.2) is 11.6 Å². The first kappa shape index (κ1) is 43.9. The Morgan fingerprint density at radius 2 is 1.21 bits per heavy atom. The molecule has 0 radical (unpaired) electrons. The molecule has 0 aliphatic heterocycles. The van der Waals surface area contributed by atoms with E-state index in [-0.39, 0.29) is 40.1 Å². The lowest BCUT2D eigenvalue weighted by atomic mass is 9.85. The smallest absolute Gasteiger partial charge is 0.323 e. The zero-order valence-corrected chi connectivity index (χ0v) is 33.8. The van der Waals surface area contributed by atoms with Crippen molar-refractivity contribution >= 4 is 57.1 Å². The maximum Gasteiger partial charge on any atom is 0.323 e. The van der Waals surface area contributed by atoms with Crippen LogP contribution in [0.4, 0.5) is 8.78 Å². The van der Waals surface area contributed by atoms with Crippen molar-refractivity contribution in [2.24, 2.45) is 5.73 Å². The molecule has 2 aromatic heterocycles. The quantitative estimate of drug-likeness (QED) is 0.130. The van der Waals surface area contributed by atoms with E-state index in [2.05, 4.69) is 27.4 Å². The van der Waals surface area contributed by atoms with Gasteiger partial charge in [-0.2, -0.15) is 10.5 Å². The minimum Gasteiger partial charge on any atom is -0.480 e. The molecule has 2 heterocycles. The topological polar surface area (TPSA) is 176 Å². The lowest BCUT2D eigenvalue weighted by Crippen LogP contribution is -2.27. The highest BCUT2D eigenvalue weighted by molar-refractivity contribution is 6.31. The molecule has 57 heavy (non-hydrogen) atoms. The second kappa shape index (κ2) is 18.4. The Morgan fingerprint density at radius 1 is 0.772 bits per heavy atom. The standard InChI is InChI=1S/C21H20ClFN4O.C12H16N2.C9H6ClFN2O2/c1-13-8-15(21(2,3)11-24)5-4-14(13)9-25-18(28)10-27-12-26-17-7-6-16(22)19(23)20(17)27;1-9-6-11(12(2,3)8-14)5-4-10(9)7-13;10-5-1-2-6-9(8(5)11)13(4-12-6)3-7(14)15/h4-8,12H,9-10H2,1-3H3,(H,25,28);4-6H,7,13H2,1-3H3;1-2,4H,3H2,(H,14,15). The zero-order chi connectivity index (χ0) is 42.2. The summed E-state index contributed by atoms with van der Waals surface area (Å²) in [5.41, 5.74) is 12.0. The molecule has 0 saturated carbocycles. The van der Waals surface area contributed by atoms with Crippen LogP contribution >= 0.6 is 23.2 Å². The SMILES string of the molecule is Cc1cc(C(C)(C)C#N)ccc1CN.Cc1cc(C(C)(C)C#N)ccc1CNC(=O)Cn1cnc2ccc(Cl)c(F)c21.O=C(O)Cn1cnc2ccc(Cl)c(F)c21. The van der Waals surface area contributed by atoms with Gasteiger partial charge in [0.1, 0.15) is 24.1 Å². The number of nitrogens with two attached hydrogens (primary N) is 1. The predicted octanol–water partition coefficient (Wildman–Crippen LogP) is 8.42. The summed E-state index contributed by atoms with van der Waals surface area (Å²) in [7, 11) is 0. The van der Waals surface area contributed by atoms with Gasteiger partial charge in [0.2, 0.25) is 5.91 Å². The summed E-state index contributed by atoms with van der Waals surface area (Å²) in [6, 6.07) is 22.4. The molecule has 0 spiro atoms. The van der Waals surface area contributed by atoms with E-state index in [0.29, 0.717) is 24.1 Å². The van der Waals surface area contributed by atoms with Gasteiger partial charge in [-0.15, -0.1) is 0 Å². The van der Waals surface area contributed by atoms with Crippen LogP contribution in [-0.4, -0.2) is 36.1 Å². The summed E-state index contributed by atoms with van der Waals surface area (Å²) in [6.07, 6.45) is 2.70. The van der Waals surface area contributed by atoms with Crippen molar-refractivity contribution in [3.05, 3.63) is 128 Å². The molecular formula is C42H42Cl2F2N8O3. The first-order chi connectivity index (χ1) is 26.8. The highest BCUT2D eigenvalue weighted by Gasteiger charge is 2.21. The number of nitrogens with zero attached hydrogens (tertiary/aromatic N) is 6. The average Bonchev–Trinajstić information content (AvgIpc) is 3.78. The Bertz CT molecular complexity index is 2530. The van der Waals surface area contributed by atoms with Gasteiger partial charge < -0.3 is 25.3 Å². The fraction of sp³-hybridized carbons (Fsp3) is 0.286. The summed E-state index contributed by atoms with van der Waals surface area (Å²) in [5, 5.41) is 29.6. The molecule has 15 heteroatoms. The first-order valence-corrected chi connectivity index (χ1v) is 18.4. The van der Waals surface area contributed by atoms with Crippen molar-refractivity contribution in [2.75, 3.05) is 0 Å². The molecule has 0 fully saturated rings. The fourth-order valence-corrected chi connectivity index (χ4v) is 6.01. The summed E-state index contributed by atoms with van der Waals surface area (Å²) in [6.45, 7) is 12.0. The van der Waals surface area contributed by atoms with Crippen LogP contribution in [0.1, 0.15) is 61.1 Å². The number of halogens is 4. The van der Waals surface area contributed by atoms with Crippen molar-refractivity contribution < 1.29 is 23.5 Å². The number of nitriles is 2.